The first-order valence-electron chi connectivity index (χ1n) is 8.55. The molecule has 2 N–H and O–H groups in total. The summed E-state index contributed by atoms with van der Waals surface area (Å²) in [7, 11) is 3.92. The van der Waals surface area contributed by atoms with Gasteiger partial charge in [0.1, 0.15) is 0 Å². The molecular formula is C20H22ClN3O2. The second-order valence-electron chi connectivity index (χ2n) is 6.69. The molecule has 0 bridgehead atoms. The molecule has 0 heterocycles. The van der Waals surface area contributed by atoms with Crippen molar-refractivity contribution in [2.75, 3.05) is 24.3 Å². The Morgan fingerprint density at radius 3 is 2.35 bits per heavy atom. The minimum absolute atomic E-state index is 0.104. The number of benzene rings is 2. The first-order chi connectivity index (χ1) is 12.5. The molecule has 0 spiro atoms. The van der Waals surface area contributed by atoms with Crippen LogP contribution in [0.1, 0.15) is 12.0 Å². The van der Waals surface area contributed by atoms with Gasteiger partial charge in [-0.05, 0) is 42.3 Å². The maximum atomic E-state index is 12.3. The normalized spacial score (nSPS) is 18.1. The van der Waals surface area contributed by atoms with Gasteiger partial charge < -0.3 is 15.5 Å². The molecule has 1 aliphatic rings. The van der Waals surface area contributed by atoms with Crippen LogP contribution in [0, 0.1) is 11.8 Å². The van der Waals surface area contributed by atoms with Crippen LogP contribution in [0.4, 0.5) is 11.4 Å². The van der Waals surface area contributed by atoms with E-state index >= 15 is 0 Å². The monoisotopic (exact) mass is 371 g/mol. The SMILES string of the molecule is CN(C)c1ccc(NC(=O)C2CC2C(=O)NCc2ccccc2Cl)cc1. The van der Waals surface area contributed by atoms with Gasteiger partial charge in [-0.15, -0.1) is 0 Å². The summed E-state index contributed by atoms with van der Waals surface area (Å²) in [6.45, 7) is 0.370. The summed E-state index contributed by atoms with van der Waals surface area (Å²) < 4.78 is 0. The molecule has 136 valence electrons. The van der Waals surface area contributed by atoms with Gasteiger partial charge in [0.25, 0.3) is 0 Å². The predicted octanol–water partition coefficient (Wildman–Crippen LogP) is 3.30. The summed E-state index contributed by atoms with van der Waals surface area (Å²) in [4.78, 5) is 26.5. The molecule has 2 atom stereocenters. The number of hydrogen-bond donors (Lipinski definition) is 2. The highest BCUT2D eigenvalue weighted by Gasteiger charge is 2.47. The molecule has 1 saturated carbocycles. The quantitative estimate of drug-likeness (QED) is 0.819. The number of amides is 2. The fourth-order valence-electron chi connectivity index (χ4n) is 2.81. The lowest BCUT2D eigenvalue weighted by Gasteiger charge is -2.13. The minimum Gasteiger partial charge on any atom is -0.378 e. The Morgan fingerprint density at radius 1 is 1.04 bits per heavy atom. The lowest BCUT2D eigenvalue weighted by molar-refractivity contribution is -0.125. The molecule has 2 aromatic rings. The number of carbonyl (C=O) groups is 2. The highest BCUT2D eigenvalue weighted by Crippen LogP contribution is 2.39. The summed E-state index contributed by atoms with van der Waals surface area (Å²) >= 11 is 6.08. The largest absolute Gasteiger partial charge is 0.378 e. The third kappa shape index (κ3) is 4.35. The minimum atomic E-state index is -0.269. The number of nitrogens with one attached hydrogen (secondary N) is 2. The third-order valence-electron chi connectivity index (χ3n) is 4.53. The third-order valence-corrected chi connectivity index (χ3v) is 4.89. The Hall–Kier alpha value is -2.53. The Morgan fingerprint density at radius 2 is 1.69 bits per heavy atom. The van der Waals surface area contributed by atoms with Gasteiger partial charge >= 0.3 is 0 Å². The molecule has 0 saturated heterocycles. The molecule has 2 aromatic carbocycles. The molecule has 0 radical (unpaired) electrons. The molecule has 6 heteroatoms. The maximum absolute atomic E-state index is 12.3. The van der Waals surface area contributed by atoms with Crippen LogP contribution in [-0.2, 0) is 16.1 Å². The summed E-state index contributed by atoms with van der Waals surface area (Å²) in [5.41, 5.74) is 2.67. The van der Waals surface area contributed by atoms with Crippen molar-refractivity contribution in [1.82, 2.24) is 5.32 Å². The standard InChI is InChI=1S/C20H22ClN3O2/c1-24(2)15-9-7-14(8-10-15)23-20(26)17-11-16(17)19(25)22-12-13-5-3-4-6-18(13)21/h3-10,16-17H,11-12H2,1-2H3,(H,22,25)(H,23,26). The van der Waals surface area contributed by atoms with E-state index in [1.54, 1.807) is 6.07 Å². The van der Waals surface area contributed by atoms with Crippen molar-refractivity contribution in [3.8, 4) is 0 Å². The van der Waals surface area contributed by atoms with Crippen molar-refractivity contribution in [3.05, 3.63) is 59.1 Å². The van der Waals surface area contributed by atoms with Crippen LogP contribution < -0.4 is 15.5 Å². The molecular weight excluding hydrogens is 350 g/mol. The second-order valence-corrected chi connectivity index (χ2v) is 7.10. The van der Waals surface area contributed by atoms with Crippen molar-refractivity contribution in [2.45, 2.75) is 13.0 Å². The Bertz CT molecular complexity index is 805. The molecule has 2 amide bonds. The zero-order valence-electron chi connectivity index (χ0n) is 14.8. The fraction of sp³-hybridized carbons (Fsp3) is 0.300. The van der Waals surface area contributed by atoms with E-state index in [1.807, 2.05) is 61.5 Å². The first kappa shape index (κ1) is 18.3. The average molecular weight is 372 g/mol. The zero-order valence-corrected chi connectivity index (χ0v) is 15.6. The van der Waals surface area contributed by atoms with Gasteiger partial charge in [0, 0.05) is 37.0 Å². The highest BCUT2D eigenvalue weighted by atomic mass is 35.5. The molecule has 26 heavy (non-hydrogen) atoms. The lowest BCUT2D eigenvalue weighted by Crippen LogP contribution is -2.27. The van der Waals surface area contributed by atoms with Crippen LogP contribution in [0.2, 0.25) is 5.02 Å². The van der Waals surface area contributed by atoms with Crippen molar-refractivity contribution >= 4 is 34.8 Å². The molecule has 1 fully saturated rings. The first-order valence-corrected chi connectivity index (χ1v) is 8.93. The van der Waals surface area contributed by atoms with Crippen LogP contribution in [0.5, 0.6) is 0 Å². The van der Waals surface area contributed by atoms with Gasteiger partial charge in [-0.25, -0.2) is 0 Å². The zero-order chi connectivity index (χ0) is 18.7. The number of nitrogens with zero attached hydrogens (tertiary/aromatic N) is 1. The van der Waals surface area contributed by atoms with E-state index in [2.05, 4.69) is 10.6 Å². The van der Waals surface area contributed by atoms with Crippen LogP contribution in [-0.4, -0.2) is 25.9 Å². The smallest absolute Gasteiger partial charge is 0.228 e. The van der Waals surface area contributed by atoms with Gasteiger partial charge in [0.2, 0.25) is 11.8 Å². The van der Waals surface area contributed by atoms with Gasteiger partial charge in [-0.3, -0.25) is 9.59 Å². The van der Waals surface area contributed by atoms with Gasteiger partial charge in [-0.2, -0.15) is 0 Å². The van der Waals surface area contributed by atoms with Crippen molar-refractivity contribution in [3.63, 3.8) is 0 Å². The van der Waals surface area contributed by atoms with Crippen LogP contribution in [0.25, 0.3) is 0 Å². The van der Waals surface area contributed by atoms with E-state index in [4.69, 9.17) is 11.6 Å². The van der Waals surface area contributed by atoms with E-state index in [1.165, 1.54) is 0 Å². The topological polar surface area (TPSA) is 61.4 Å². The second kappa shape index (κ2) is 7.79. The summed E-state index contributed by atoms with van der Waals surface area (Å²) in [5.74, 6) is -0.748. The van der Waals surface area contributed by atoms with Crippen LogP contribution in [0.15, 0.2) is 48.5 Å². The van der Waals surface area contributed by atoms with Crippen molar-refractivity contribution < 1.29 is 9.59 Å². The van der Waals surface area contributed by atoms with E-state index < -0.39 is 0 Å². The van der Waals surface area contributed by atoms with Crippen molar-refractivity contribution in [1.29, 1.82) is 0 Å². The Labute approximate surface area is 158 Å². The Kier molecular flexibility index (Phi) is 5.47. The molecule has 1 aliphatic carbocycles. The predicted molar refractivity (Wildman–Crippen MR) is 104 cm³/mol. The maximum Gasteiger partial charge on any atom is 0.228 e. The summed E-state index contributed by atoms with van der Waals surface area (Å²) in [5, 5.41) is 6.36. The molecule has 0 aliphatic heterocycles. The lowest BCUT2D eigenvalue weighted by atomic mass is 10.2. The fourth-order valence-corrected chi connectivity index (χ4v) is 3.01. The number of halogens is 1. The van der Waals surface area contributed by atoms with E-state index in [-0.39, 0.29) is 23.7 Å². The van der Waals surface area contributed by atoms with Gasteiger partial charge in [0.05, 0.1) is 11.8 Å². The number of anilines is 2. The number of carbonyl (C=O) groups excluding carboxylic acids is 2. The molecule has 5 nitrogen and oxygen atoms in total. The van der Waals surface area contributed by atoms with E-state index in [0.29, 0.717) is 18.0 Å². The number of hydrogen-bond acceptors (Lipinski definition) is 3. The van der Waals surface area contributed by atoms with Crippen LogP contribution >= 0.6 is 11.6 Å². The highest BCUT2D eigenvalue weighted by molar-refractivity contribution is 6.31. The molecule has 3 rings (SSSR count). The van der Waals surface area contributed by atoms with Crippen LogP contribution in [0.3, 0.4) is 0 Å². The molecule has 0 aromatic heterocycles. The average Bonchev–Trinajstić information content (AvgIpc) is 3.42. The van der Waals surface area contributed by atoms with Crippen molar-refractivity contribution in [2.24, 2.45) is 11.8 Å². The number of rotatable bonds is 6. The van der Waals surface area contributed by atoms with E-state index in [9.17, 15) is 9.59 Å². The summed E-state index contributed by atoms with van der Waals surface area (Å²) in [6.07, 6.45) is 0.579. The Balaban J connectivity index is 1.49. The van der Waals surface area contributed by atoms with Gasteiger partial charge in [0.15, 0.2) is 0 Å². The summed E-state index contributed by atoms with van der Waals surface area (Å²) in [6, 6.07) is 15.0. The van der Waals surface area contributed by atoms with Gasteiger partial charge in [-0.1, -0.05) is 29.8 Å². The van der Waals surface area contributed by atoms with E-state index in [0.717, 1.165) is 16.9 Å². The molecule has 2 unspecified atom stereocenters.